The minimum absolute atomic E-state index is 0.758. The molecule has 174 valence electrons. The molecule has 2 aliphatic rings. The minimum Gasteiger partial charge on any atom is -0.302 e. The van der Waals surface area contributed by atoms with E-state index < -0.39 is 0 Å². The Morgan fingerprint density at radius 3 is 2.03 bits per heavy atom. The molecule has 2 aliphatic heterocycles. The average molecular weight is 464 g/mol. The highest BCUT2D eigenvalue weighted by Gasteiger charge is 2.21. The first-order chi connectivity index (χ1) is 16.2. The first-order valence-electron chi connectivity index (χ1n) is 12.3. The van der Waals surface area contributed by atoms with Crippen LogP contribution in [0.1, 0.15) is 24.0 Å². The molecule has 0 saturated carbocycles. The van der Waals surface area contributed by atoms with Gasteiger partial charge in [-0.1, -0.05) is 54.1 Å². The fraction of sp³-hybridized carbons (Fsp3) is 0.444. The van der Waals surface area contributed by atoms with Crippen LogP contribution in [0.2, 0.25) is 5.02 Å². The summed E-state index contributed by atoms with van der Waals surface area (Å²) >= 11 is 6.15. The number of rotatable bonds is 8. The van der Waals surface area contributed by atoms with Crippen LogP contribution in [0.4, 0.5) is 0 Å². The first-order valence-corrected chi connectivity index (χ1v) is 12.6. The van der Waals surface area contributed by atoms with Gasteiger partial charge in [-0.15, -0.1) is 0 Å². The summed E-state index contributed by atoms with van der Waals surface area (Å²) in [4.78, 5) is 7.83. The predicted octanol–water partition coefficient (Wildman–Crippen LogP) is 4.47. The van der Waals surface area contributed by atoms with Gasteiger partial charge in [-0.3, -0.25) is 14.5 Å². The van der Waals surface area contributed by atoms with Crippen molar-refractivity contribution in [1.29, 1.82) is 0 Å². The second kappa shape index (κ2) is 10.8. The molecule has 0 unspecified atom stereocenters. The standard InChI is InChI=1S/C27H34ClN5/c28-26-10-8-24(9-11-26)27-25(22-33(29-27)20-23-6-2-1-3-7-23)21-32-18-16-31(17-19-32)15-14-30-12-4-5-13-30/h1-3,6-11,22H,4-5,12-21H2. The molecule has 0 amide bonds. The van der Waals surface area contributed by atoms with Crippen LogP contribution in [0, 0.1) is 0 Å². The van der Waals surface area contributed by atoms with Gasteiger partial charge in [-0.05, 0) is 43.6 Å². The molecule has 2 fully saturated rings. The van der Waals surface area contributed by atoms with Crippen LogP contribution in [0.3, 0.4) is 0 Å². The Morgan fingerprint density at radius 1 is 0.697 bits per heavy atom. The molecule has 3 heterocycles. The molecular weight excluding hydrogens is 430 g/mol. The summed E-state index contributed by atoms with van der Waals surface area (Å²) in [6.07, 6.45) is 4.99. The largest absolute Gasteiger partial charge is 0.302 e. The van der Waals surface area contributed by atoms with E-state index in [2.05, 4.69) is 68.0 Å². The lowest BCUT2D eigenvalue weighted by Gasteiger charge is -2.35. The van der Waals surface area contributed by atoms with Crippen molar-refractivity contribution in [3.8, 4) is 11.3 Å². The third-order valence-electron chi connectivity index (χ3n) is 6.93. The quantitative estimate of drug-likeness (QED) is 0.492. The van der Waals surface area contributed by atoms with Crippen LogP contribution >= 0.6 is 11.6 Å². The number of likely N-dealkylation sites (tertiary alicyclic amines) is 1. The molecule has 0 bridgehead atoms. The van der Waals surface area contributed by atoms with Crippen molar-refractivity contribution in [3.05, 3.63) is 76.9 Å². The Labute approximate surface area is 202 Å². The summed E-state index contributed by atoms with van der Waals surface area (Å²) in [7, 11) is 0. The monoisotopic (exact) mass is 463 g/mol. The molecule has 0 radical (unpaired) electrons. The Kier molecular flexibility index (Phi) is 7.42. The predicted molar refractivity (Wildman–Crippen MR) is 136 cm³/mol. The summed E-state index contributed by atoms with van der Waals surface area (Å²) in [5.74, 6) is 0. The van der Waals surface area contributed by atoms with E-state index in [4.69, 9.17) is 16.7 Å². The topological polar surface area (TPSA) is 27.5 Å². The molecule has 5 rings (SSSR count). The van der Waals surface area contributed by atoms with E-state index in [9.17, 15) is 0 Å². The van der Waals surface area contributed by atoms with Crippen molar-refractivity contribution in [2.45, 2.75) is 25.9 Å². The van der Waals surface area contributed by atoms with Gasteiger partial charge < -0.3 is 4.90 Å². The molecule has 2 saturated heterocycles. The molecule has 6 heteroatoms. The summed E-state index contributed by atoms with van der Waals surface area (Å²) in [6, 6.07) is 18.6. The van der Waals surface area contributed by atoms with Gasteiger partial charge in [0.2, 0.25) is 0 Å². The van der Waals surface area contributed by atoms with Crippen molar-refractivity contribution >= 4 is 11.6 Å². The van der Waals surface area contributed by atoms with E-state index in [-0.39, 0.29) is 0 Å². The minimum atomic E-state index is 0.758. The van der Waals surface area contributed by atoms with E-state index in [1.54, 1.807) is 0 Å². The van der Waals surface area contributed by atoms with Crippen molar-refractivity contribution < 1.29 is 0 Å². The maximum Gasteiger partial charge on any atom is 0.0968 e. The van der Waals surface area contributed by atoms with Gasteiger partial charge in [-0.2, -0.15) is 5.10 Å². The molecule has 0 atom stereocenters. The van der Waals surface area contributed by atoms with Gasteiger partial charge in [0.25, 0.3) is 0 Å². The Hall–Kier alpha value is -2.18. The second-order valence-corrected chi connectivity index (χ2v) is 9.80. The van der Waals surface area contributed by atoms with Crippen LogP contribution in [0.15, 0.2) is 60.8 Å². The summed E-state index contributed by atoms with van der Waals surface area (Å²) < 4.78 is 2.08. The Morgan fingerprint density at radius 2 is 1.33 bits per heavy atom. The van der Waals surface area contributed by atoms with E-state index in [1.807, 2.05) is 12.1 Å². The van der Waals surface area contributed by atoms with Gasteiger partial charge in [0.1, 0.15) is 0 Å². The van der Waals surface area contributed by atoms with Crippen LogP contribution in [0.5, 0.6) is 0 Å². The van der Waals surface area contributed by atoms with Crippen LogP contribution < -0.4 is 0 Å². The highest BCUT2D eigenvalue weighted by Crippen LogP contribution is 2.26. The number of halogens is 1. The SMILES string of the molecule is Clc1ccc(-c2nn(Cc3ccccc3)cc2CN2CCN(CCN3CCCC3)CC2)cc1. The number of hydrogen-bond donors (Lipinski definition) is 0. The molecule has 5 nitrogen and oxygen atoms in total. The van der Waals surface area contributed by atoms with E-state index >= 15 is 0 Å². The van der Waals surface area contributed by atoms with E-state index in [0.29, 0.717) is 0 Å². The fourth-order valence-corrected chi connectivity index (χ4v) is 5.11. The zero-order valence-electron chi connectivity index (χ0n) is 19.4. The maximum atomic E-state index is 6.15. The lowest BCUT2D eigenvalue weighted by Crippen LogP contribution is -2.47. The van der Waals surface area contributed by atoms with Crippen molar-refractivity contribution in [2.75, 3.05) is 52.4 Å². The van der Waals surface area contributed by atoms with Crippen molar-refractivity contribution in [1.82, 2.24) is 24.5 Å². The fourth-order valence-electron chi connectivity index (χ4n) is 4.98. The number of benzene rings is 2. The van der Waals surface area contributed by atoms with Crippen LogP contribution in [0.25, 0.3) is 11.3 Å². The van der Waals surface area contributed by atoms with Crippen LogP contribution in [-0.2, 0) is 13.1 Å². The zero-order chi connectivity index (χ0) is 22.5. The summed E-state index contributed by atoms with van der Waals surface area (Å²) in [5, 5.41) is 5.75. The number of aromatic nitrogens is 2. The first kappa shape index (κ1) is 22.6. The Bertz CT molecular complexity index is 1000. The van der Waals surface area contributed by atoms with E-state index in [0.717, 1.165) is 55.5 Å². The highest BCUT2D eigenvalue weighted by atomic mass is 35.5. The third-order valence-corrected chi connectivity index (χ3v) is 7.18. The molecule has 0 spiro atoms. The van der Waals surface area contributed by atoms with E-state index in [1.165, 1.54) is 50.1 Å². The highest BCUT2D eigenvalue weighted by molar-refractivity contribution is 6.30. The molecule has 1 aromatic heterocycles. The van der Waals surface area contributed by atoms with Gasteiger partial charge in [0.15, 0.2) is 0 Å². The number of hydrogen-bond acceptors (Lipinski definition) is 4. The van der Waals surface area contributed by atoms with Gasteiger partial charge in [-0.25, -0.2) is 0 Å². The molecule has 0 N–H and O–H groups in total. The number of piperazine rings is 1. The van der Waals surface area contributed by atoms with Crippen molar-refractivity contribution in [2.24, 2.45) is 0 Å². The summed E-state index contributed by atoms with van der Waals surface area (Å²) in [5.41, 5.74) is 4.75. The number of nitrogens with zero attached hydrogens (tertiary/aromatic N) is 5. The van der Waals surface area contributed by atoms with Gasteiger partial charge >= 0.3 is 0 Å². The van der Waals surface area contributed by atoms with Crippen molar-refractivity contribution in [3.63, 3.8) is 0 Å². The maximum absolute atomic E-state index is 6.15. The molecule has 33 heavy (non-hydrogen) atoms. The van der Waals surface area contributed by atoms with Gasteiger partial charge in [0.05, 0.1) is 12.2 Å². The lowest BCUT2D eigenvalue weighted by atomic mass is 10.1. The van der Waals surface area contributed by atoms with Crippen LogP contribution in [-0.4, -0.2) is 76.8 Å². The molecule has 2 aromatic carbocycles. The summed E-state index contributed by atoms with van der Waals surface area (Å²) in [6.45, 7) is 11.3. The molecule has 3 aromatic rings. The normalized spacial score (nSPS) is 18.2. The average Bonchev–Trinajstić information content (AvgIpc) is 3.50. The third kappa shape index (κ3) is 6.04. The Balaban J connectivity index is 1.25. The smallest absolute Gasteiger partial charge is 0.0968 e. The second-order valence-electron chi connectivity index (χ2n) is 9.36. The molecule has 0 aliphatic carbocycles. The van der Waals surface area contributed by atoms with Gasteiger partial charge in [0, 0.05) is 68.2 Å². The lowest BCUT2D eigenvalue weighted by molar-refractivity contribution is 0.118. The molecular formula is C27H34ClN5. The zero-order valence-corrected chi connectivity index (χ0v) is 20.1.